The van der Waals surface area contributed by atoms with Gasteiger partial charge in [0, 0.05) is 19.6 Å². The zero-order chi connectivity index (χ0) is 8.27. The van der Waals surface area contributed by atoms with Crippen LogP contribution in [0.15, 0.2) is 0 Å². The van der Waals surface area contributed by atoms with E-state index in [9.17, 15) is 5.11 Å². The molecule has 66 valence electrons. The van der Waals surface area contributed by atoms with Crippen LogP contribution in [0.3, 0.4) is 0 Å². The molecular formula is C8H17NO2. The van der Waals surface area contributed by atoms with Gasteiger partial charge in [-0.2, -0.15) is 0 Å². The maximum absolute atomic E-state index is 9.37. The second kappa shape index (κ2) is 4.04. The molecule has 11 heavy (non-hydrogen) atoms. The summed E-state index contributed by atoms with van der Waals surface area (Å²) in [5.74, 6) is 0.357. The van der Waals surface area contributed by atoms with Crippen LogP contribution in [0.2, 0.25) is 0 Å². The lowest BCUT2D eigenvalue weighted by Gasteiger charge is -2.33. The highest BCUT2D eigenvalue weighted by Crippen LogP contribution is 2.15. The Labute approximate surface area is 67.6 Å². The quantitative estimate of drug-likeness (QED) is 0.580. The first kappa shape index (κ1) is 8.97. The summed E-state index contributed by atoms with van der Waals surface area (Å²) >= 11 is 0. The molecule has 1 rings (SSSR count). The van der Waals surface area contributed by atoms with Crippen LogP contribution < -0.4 is 0 Å². The molecule has 0 aromatic heterocycles. The molecule has 3 nitrogen and oxygen atoms in total. The first-order chi connectivity index (χ1) is 5.24. The minimum absolute atomic E-state index is 0.134. The summed E-state index contributed by atoms with van der Waals surface area (Å²) < 4.78 is 0. The summed E-state index contributed by atoms with van der Waals surface area (Å²) in [7, 11) is 0. The molecule has 0 aromatic carbocycles. The van der Waals surface area contributed by atoms with Crippen LogP contribution in [0, 0.1) is 5.92 Å². The van der Waals surface area contributed by atoms with Crippen molar-refractivity contribution in [2.45, 2.75) is 19.4 Å². The number of hydrogen-bond acceptors (Lipinski definition) is 3. The second-order valence-corrected chi connectivity index (χ2v) is 3.36. The van der Waals surface area contributed by atoms with E-state index in [1.807, 2.05) is 6.92 Å². The fraction of sp³-hybridized carbons (Fsp3) is 1.00. The highest BCUT2D eigenvalue weighted by Gasteiger charge is 2.23. The van der Waals surface area contributed by atoms with Gasteiger partial charge in [0.1, 0.15) is 0 Å². The highest BCUT2D eigenvalue weighted by molar-refractivity contribution is 4.76. The van der Waals surface area contributed by atoms with Crippen molar-refractivity contribution in [1.82, 2.24) is 4.90 Å². The Morgan fingerprint density at radius 3 is 2.82 bits per heavy atom. The number of rotatable bonds is 2. The fourth-order valence-corrected chi connectivity index (χ4v) is 1.56. The minimum Gasteiger partial charge on any atom is -0.395 e. The molecule has 2 atom stereocenters. The number of piperidine rings is 1. The number of β-amino-alcohol motifs (C(OH)–C–C–N with tert-alkyl or cyclic N) is 1. The molecule has 2 N–H and O–H groups in total. The lowest BCUT2D eigenvalue weighted by Crippen LogP contribution is -2.42. The van der Waals surface area contributed by atoms with E-state index in [4.69, 9.17) is 5.11 Å². The molecule has 1 saturated heterocycles. The van der Waals surface area contributed by atoms with Gasteiger partial charge in [-0.05, 0) is 12.3 Å². The lowest BCUT2D eigenvalue weighted by molar-refractivity contribution is 0.0290. The molecule has 1 heterocycles. The molecule has 0 aliphatic carbocycles. The van der Waals surface area contributed by atoms with Crippen molar-refractivity contribution in [2.24, 2.45) is 5.92 Å². The van der Waals surface area contributed by atoms with Crippen LogP contribution >= 0.6 is 0 Å². The molecule has 3 heteroatoms. The van der Waals surface area contributed by atoms with E-state index in [-0.39, 0.29) is 12.7 Å². The highest BCUT2D eigenvalue weighted by atomic mass is 16.3. The molecule has 0 spiro atoms. The predicted molar refractivity (Wildman–Crippen MR) is 43.3 cm³/mol. The van der Waals surface area contributed by atoms with Crippen LogP contribution in [0.25, 0.3) is 0 Å². The van der Waals surface area contributed by atoms with E-state index in [1.165, 1.54) is 0 Å². The smallest absolute Gasteiger partial charge is 0.0590 e. The standard InChI is InChI=1S/C8H17NO2/c1-7-6-9(4-5-10)3-2-8(7)11/h7-8,10-11H,2-6H2,1H3/t7-,8+/m1/s1. The van der Waals surface area contributed by atoms with E-state index < -0.39 is 0 Å². The second-order valence-electron chi connectivity index (χ2n) is 3.36. The summed E-state index contributed by atoms with van der Waals surface area (Å²) in [6, 6.07) is 0. The van der Waals surface area contributed by atoms with Gasteiger partial charge in [0.05, 0.1) is 12.7 Å². The van der Waals surface area contributed by atoms with Crippen molar-refractivity contribution in [3.63, 3.8) is 0 Å². The Hall–Kier alpha value is -0.120. The first-order valence-corrected chi connectivity index (χ1v) is 4.25. The molecule has 1 aliphatic heterocycles. The maximum atomic E-state index is 9.37. The monoisotopic (exact) mass is 159 g/mol. The van der Waals surface area contributed by atoms with Gasteiger partial charge in [0.15, 0.2) is 0 Å². The Morgan fingerprint density at radius 1 is 1.55 bits per heavy atom. The molecule has 1 fully saturated rings. The molecule has 0 unspecified atom stereocenters. The van der Waals surface area contributed by atoms with Crippen molar-refractivity contribution < 1.29 is 10.2 Å². The van der Waals surface area contributed by atoms with Gasteiger partial charge in [0.25, 0.3) is 0 Å². The van der Waals surface area contributed by atoms with Crippen LogP contribution in [-0.2, 0) is 0 Å². The Bertz CT molecular complexity index is 119. The van der Waals surface area contributed by atoms with Gasteiger partial charge in [-0.3, -0.25) is 0 Å². The third-order valence-electron chi connectivity index (χ3n) is 2.36. The topological polar surface area (TPSA) is 43.7 Å². The van der Waals surface area contributed by atoms with Gasteiger partial charge in [-0.15, -0.1) is 0 Å². The molecule has 0 aromatic rings. The number of nitrogens with zero attached hydrogens (tertiary/aromatic N) is 1. The number of likely N-dealkylation sites (tertiary alicyclic amines) is 1. The summed E-state index contributed by atoms with van der Waals surface area (Å²) in [6.07, 6.45) is 0.714. The molecule has 0 radical (unpaired) electrons. The van der Waals surface area contributed by atoms with Crippen molar-refractivity contribution in [3.8, 4) is 0 Å². The van der Waals surface area contributed by atoms with Crippen molar-refractivity contribution in [3.05, 3.63) is 0 Å². The fourth-order valence-electron chi connectivity index (χ4n) is 1.56. The summed E-state index contributed by atoms with van der Waals surface area (Å²) in [4.78, 5) is 2.19. The predicted octanol–water partition coefficient (Wildman–Crippen LogP) is -0.319. The van der Waals surface area contributed by atoms with Gasteiger partial charge < -0.3 is 15.1 Å². The number of hydrogen-bond donors (Lipinski definition) is 2. The van der Waals surface area contributed by atoms with Crippen LogP contribution in [0.1, 0.15) is 13.3 Å². The summed E-state index contributed by atoms with van der Waals surface area (Å²) in [5, 5.41) is 18.0. The average Bonchev–Trinajstić information content (AvgIpc) is 1.98. The Balaban J connectivity index is 2.28. The van der Waals surface area contributed by atoms with Gasteiger partial charge in [-0.25, -0.2) is 0 Å². The molecule has 0 amide bonds. The van der Waals surface area contributed by atoms with Crippen molar-refractivity contribution >= 4 is 0 Å². The van der Waals surface area contributed by atoms with E-state index >= 15 is 0 Å². The minimum atomic E-state index is -0.134. The average molecular weight is 159 g/mol. The van der Waals surface area contributed by atoms with Crippen LogP contribution in [-0.4, -0.2) is 47.5 Å². The van der Waals surface area contributed by atoms with E-state index in [0.717, 1.165) is 26.1 Å². The van der Waals surface area contributed by atoms with Crippen molar-refractivity contribution in [2.75, 3.05) is 26.2 Å². The number of aliphatic hydroxyl groups excluding tert-OH is 2. The van der Waals surface area contributed by atoms with Gasteiger partial charge >= 0.3 is 0 Å². The van der Waals surface area contributed by atoms with E-state index in [1.54, 1.807) is 0 Å². The van der Waals surface area contributed by atoms with E-state index in [2.05, 4.69) is 4.90 Å². The third-order valence-corrected chi connectivity index (χ3v) is 2.36. The third kappa shape index (κ3) is 2.43. The van der Waals surface area contributed by atoms with Gasteiger partial charge in [0.2, 0.25) is 0 Å². The molecule has 1 aliphatic rings. The van der Waals surface area contributed by atoms with E-state index in [0.29, 0.717) is 5.92 Å². The largest absolute Gasteiger partial charge is 0.395 e. The zero-order valence-corrected chi connectivity index (χ0v) is 7.03. The molecule has 0 bridgehead atoms. The number of aliphatic hydroxyl groups is 2. The van der Waals surface area contributed by atoms with Gasteiger partial charge in [-0.1, -0.05) is 6.92 Å². The summed E-state index contributed by atoms with van der Waals surface area (Å²) in [6.45, 7) is 4.86. The van der Waals surface area contributed by atoms with Crippen LogP contribution in [0.4, 0.5) is 0 Å². The molecule has 0 saturated carbocycles. The van der Waals surface area contributed by atoms with Crippen molar-refractivity contribution in [1.29, 1.82) is 0 Å². The lowest BCUT2D eigenvalue weighted by atomic mass is 9.97. The van der Waals surface area contributed by atoms with Crippen LogP contribution in [0.5, 0.6) is 0 Å². The maximum Gasteiger partial charge on any atom is 0.0590 e. The SMILES string of the molecule is C[C@@H]1CN(CCO)CC[C@@H]1O. The normalized spacial score (nSPS) is 34.1. The first-order valence-electron chi connectivity index (χ1n) is 4.25. The molecular weight excluding hydrogens is 142 g/mol. The zero-order valence-electron chi connectivity index (χ0n) is 7.03. The summed E-state index contributed by atoms with van der Waals surface area (Å²) in [5.41, 5.74) is 0. The Kier molecular flexibility index (Phi) is 3.30. The Morgan fingerprint density at radius 2 is 2.27 bits per heavy atom.